The van der Waals surface area contributed by atoms with Crippen LogP contribution in [-0.4, -0.2) is 26.2 Å². The standard InChI is InChI=1S/C21H16N4O2S2/c1-11-7-9-13(10-8-11)17-16(19-22-14-5-3-4-6-15(14)29-19)18(26)20(27)25(17)21-24-23-12(2)28-21/h3-10,17,26H,1-2H3/t17-/m0/s1. The fourth-order valence-electron chi connectivity index (χ4n) is 3.46. The maximum atomic E-state index is 13.1. The van der Waals surface area contributed by atoms with Gasteiger partial charge >= 0.3 is 0 Å². The number of aliphatic hydroxyl groups is 1. The molecule has 0 spiro atoms. The van der Waals surface area contributed by atoms with Crippen LogP contribution in [-0.2, 0) is 4.79 Å². The van der Waals surface area contributed by atoms with E-state index < -0.39 is 11.9 Å². The van der Waals surface area contributed by atoms with E-state index in [4.69, 9.17) is 4.98 Å². The second-order valence-corrected chi connectivity index (χ2v) is 9.03. The number of fused-ring (bicyclic) bond motifs is 1. The largest absolute Gasteiger partial charge is 0.503 e. The molecule has 0 saturated heterocycles. The molecule has 0 bridgehead atoms. The summed E-state index contributed by atoms with van der Waals surface area (Å²) < 4.78 is 1.00. The number of carbonyl (C=O) groups is 1. The molecule has 0 saturated carbocycles. The molecule has 2 aromatic carbocycles. The lowest BCUT2D eigenvalue weighted by molar-refractivity contribution is -0.117. The lowest BCUT2D eigenvalue weighted by atomic mass is 9.99. The number of aryl methyl sites for hydroxylation is 2. The Hall–Kier alpha value is -3.10. The quantitative estimate of drug-likeness (QED) is 0.514. The molecule has 3 heterocycles. The second-order valence-electron chi connectivity index (χ2n) is 6.84. The molecule has 1 amide bonds. The summed E-state index contributed by atoms with van der Waals surface area (Å²) in [4.78, 5) is 19.3. The molecule has 1 atom stereocenters. The Morgan fingerprint density at radius 3 is 2.45 bits per heavy atom. The third-order valence-electron chi connectivity index (χ3n) is 4.85. The van der Waals surface area contributed by atoms with Crippen molar-refractivity contribution in [3.8, 4) is 0 Å². The van der Waals surface area contributed by atoms with Gasteiger partial charge in [0.25, 0.3) is 5.91 Å². The Morgan fingerprint density at radius 2 is 1.76 bits per heavy atom. The summed E-state index contributed by atoms with van der Waals surface area (Å²) in [6, 6.07) is 15.2. The minimum atomic E-state index is -0.518. The molecular weight excluding hydrogens is 404 g/mol. The van der Waals surface area contributed by atoms with E-state index in [1.807, 2.05) is 62.4 Å². The average Bonchev–Trinajstić information content (AvgIpc) is 3.39. The van der Waals surface area contributed by atoms with Gasteiger partial charge < -0.3 is 5.11 Å². The average molecular weight is 421 g/mol. The summed E-state index contributed by atoms with van der Waals surface area (Å²) in [5.74, 6) is -0.775. The van der Waals surface area contributed by atoms with Crippen molar-refractivity contribution in [2.45, 2.75) is 19.9 Å². The summed E-state index contributed by atoms with van der Waals surface area (Å²) in [7, 11) is 0. The minimum Gasteiger partial charge on any atom is -0.503 e. The van der Waals surface area contributed by atoms with Crippen molar-refractivity contribution in [3.05, 3.63) is 75.4 Å². The highest BCUT2D eigenvalue weighted by Crippen LogP contribution is 2.47. The number of amides is 1. The van der Waals surface area contributed by atoms with Gasteiger partial charge in [0.15, 0.2) is 5.76 Å². The first-order valence-electron chi connectivity index (χ1n) is 9.02. The van der Waals surface area contributed by atoms with Crippen molar-refractivity contribution in [1.82, 2.24) is 15.2 Å². The van der Waals surface area contributed by atoms with Crippen molar-refractivity contribution in [2.24, 2.45) is 0 Å². The van der Waals surface area contributed by atoms with Gasteiger partial charge in [0.2, 0.25) is 5.13 Å². The number of thiazole rings is 1. The van der Waals surface area contributed by atoms with Gasteiger partial charge in [-0.15, -0.1) is 21.5 Å². The highest BCUT2D eigenvalue weighted by molar-refractivity contribution is 7.19. The number of benzene rings is 2. The Kier molecular flexibility index (Phi) is 4.18. The van der Waals surface area contributed by atoms with Crippen LogP contribution in [0.3, 0.4) is 0 Å². The molecule has 6 nitrogen and oxygen atoms in total. The first-order chi connectivity index (χ1) is 14.0. The van der Waals surface area contributed by atoms with Gasteiger partial charge in [0.05, 0.1) is 21.8 Å². The van der Waals surface area contributed by atoms with Gasteiger partial charge in [-0.25, -0.2) is 4.98 Å². The van der Waals surface area contributed by atoms with Crippen molar-refractivity contribution in [2.75, 3.05) is 4.90 Å². The number of aliphatic hydroxyl groups excluding tert-OH is 1. The van der Waals surface area contributed by atoms with Crippen molar-refractivity contribution in [1.29, 1.82) is 0 Å². The van der Waals surface area contributed by atoms with Crippen LogP contribution in [0.2, 0.25) is 0 Å². The van der Waals surface area contributed by atoms with Crippen LogP contribution in [0.4, 0.5) is 5.13 Å². The molecule has 0 aliphatic carbocycles. The van der Waals surface area contributed by atoms with Crippen LogP contribution in [0, 0.1) is 13.8 Å². The summed E-state index contributed by atoms with van der Waals surface area (Å²) in [5, 5.41) is 20.9. The Morgan fingerprint density at radius 1 is 1.00 bits per heavy atom. The maximum absolute atomic E-state index is 13.1. The molecule has 0 fully saturated rings. The molecule has 29 heavy (non-hydrogen) atoms. The molecule has 2 aromatic heterocycles. The maximum Gasteiger partial charge on any atom is 0.296 e. The van der Waals surface area contributed by atoms with E-state index >= 15 is 0 Å². The van der Waals surface area contributed by atoms with E-state index in [0.717, 1.165) is 26.4 Å². The van der Waals surface area contributed by atoms with Crippen molar-refractivity contribution in [3.63, 3.8) is 0 Å². The molecule has 1 N–H and O–H groups in total. The third kappa shape index (κ3) is 2.92. The molecular formula is C21H16N4O2S2. The van der Waals surface area contributed by atoms with Crippen LogP contribution in [0.25, 0.3) is 15.8 Å². The molecule has 1 aliphatic rings. The molecule has 0 radical (unpaired) electrons. The zero-order valence-corrected chi connectivity index (χ0v) is 17.3. The van der Waals surface area contributed by atoms with E-state index in [-0.39, 0.29) is 5.76 Å². The van der Waals surface area contributed by atoms with Gasteiger partial charge in [-0.3, -0.25) is 9.69 Å². The number of rotatable bonds is 3. The first kappa shape index (κ1) is 18.0. The zero-order valence-electron chi connectivity index (χ0n) is 15.7. The van der Waals surface area contributed by atoms with E-state index in [2.05, 4.69) is 10.2 Å². The third-order valence-corrected chi connectivity index (χ3v) is 6.75. The summed E-state index contributed by atoms with van der Waals surface area (Å²) in [5.41, 5.74) is 3.35. The molecule has 144 valence electrons. The van der Waals surface area contributed by atoms with Gasteiger partial charge in [0.1, 0.15) is 10.0 Å². The number of hydrogen-bond acceptors (Lipinski definition) is 7. The first-order valence-corrected chi connectivity index (χ1v) is 10.7. The summed E-state index contributed by atoms with van der Waals surface area (Å²) in [6.45, 7) is 3.85. The van der Waals surface area contributed by atoms with Crippen LogP contribution < -0.4 is 4.90 Å². The summed E-state index contributed by atoms with van der Waals surface area (Å²) >= 11 is 2.79. The van der Waals surface area contributed by atoms with Crippen LogP contribution in [0.1, 0.15) is 27.2 Å². The molecule has 5 rings (SSSR count). The Balaban J connectivity index is 1.72. The lowest BCUT2D eigenvalue weighted by Gasteiger charge is -2.24. The highest BCUT2D eigenvalue weighted by atomic mass is 32.1. The molecule has 1 aliphatic heterocycles. The zero-order chi connectivity index (χ0) is 20.1. The fourth-order valence-corrected chi connectivity index (χ4v) is 5.21. The van der Waals surface area contributed by atoms with Crippen molar-refractivity contribution < 1.29 is 9.90 Å². The van der Waals surface area contributed by atoms with E-state index in [0.29, 0.717) is 15.7 Å². The monoisotopic (exact) mass is 420 g/mol. The number of hydrogen-bond donors (Lipinski definition) is 1. The SMILES string of the molecule is Cc1ccc([C@H]2C(c3nc4ccccc4s3)=C(O)C(=O)N2c2nnc(C)s2)cc1. The highest BCUT2D eigenvalue weighted by Gasteiger charge is 2.44. The van der Waals surface area contributed by atoms with E-state index in [1.54, 1.807) is 0 Å². The number of para-hydroxylation sites is 1. The predicted octanol–water partition coefficient (Wildman–Crippen LogP) is 4.82. The molecule has 8 heteroatoms. The predicted molar refractivity (Wildman–Crippen MR) is 115 cm³/mol. The van der Waals surface area contributed by atoms with Crippen LogP contribution >= 0.6 is 22.7 Å². The second kappa shape index (κ2) is 6.75. The lowest BCUT2D eigenvalue weighted by Crippen LogP contribution is -2.30. The van der Waals surface area contributed by atoms with E-state index in [9.17, 15) is 9.90 Å². The van der Waals surface area contributed by atoms with E-state index in [1.165, 1.54) is 27.6 Å². The van der Waals surface area contributed by atoms with Gasteiger partial charge in [0, 0.05) is 0 Å². The van der Waals surface area contributed by atoms with Gasteiger partial charge in [-0.05, 0) is 31.5 Å². The topological polar surface area (TPSA) is 79.2 Å². The van der Waals surface area contributed by atoms with Crippen LogP contribution in [0.15, 0.2) is 54.3 Å². The Labute approximate surface area is 174 Å². The minimum absolute atomic E-state index is 0.289. The molecule has 0 unspecified atom stereocenters. The van der Waals surface area contributed by atoms with Gasteiger partial charge in [-0.2, -0.15) is 0 Å². The fraction of sp³-hybridized carbons (Fsp3) is 0.143. The normalized spacial score (nSPS) is 17.0. The molecule has 4 aromatic rings. The number of anilines is 1. The van der Waals surface area contributed by atoms with Crippen LogP contribution in [0.5, 0.6) is 0 Å². The van der Waals surface area contributed by atoms with Gasteiger partial charge in [-0.1, -0.05) is 53.3 Å². The Bertz CT molecular complexity index is 1240. The smallest absolute Gasteiger partial charge is 0.296 e. The number of carbonyl (C=O) groups excluding carboxylic acids is 1. The summed E-state index contributed by atoms with van der Waals surface area (Å²) in [6.07, 6.45) is 0. The van der Waals surface area contributed by atoms with Crippen molar-refractivity contribution >= 4 is 49.5 Å². The number of nitrogens with zero attached hydrogens (tertiary/aromatic N) is 4. The number of aromatic nitrogens is 3.